The Balaban J connectivity index is 2.36. The molecule has 15 heavy (non-hydrogen) atoms. The SMILES string of the molecule is C=C(C=O)c1cc(-c2ccccn2)cs1. The molecule has 0 saturated heterocycles. The van der Waals surface area contributed by atoms with Crippen molar-refractivity contribution in [3.05, 3.63) is 47.3 Å². The van der Waals surface area contributed by atoms with Gasteiger partial charge in [0.2, 0.25) is 0 Å². The molecule has 74 valence electrons. The Hall–Kier alpha value is -1.74. The zero-order chi connectivity index (χ0) is 10.7. The van der Waals surface area contributed by atoms with Crippen molar-refractivity contribution in [1.29, 1.82) is 0 Å². The monoisotopic (exact) mass is 215 g/mol. The van der Waals surface area contributed by atoms with Crippen molar-refractivity contribution in [3.63, 3.8) is 0 Å². The first-order chi connectivity index (χ1) is 7.31. The van der Waals surface area contributed by atoms with E-state index >= 15 is 0 Å². The van der Waals surface area contributed by atoms with Gasteiger partial charge in [-0.05, 0) is 18.2 Å². The lowest BCUT2D eigenvalue weighted by molar-refractivity contribution is -0.103. The summed E-state index contributed by atoms with van der Waals surface area (Å²) in [6.45, 7) is 3.67. The minimum Gasteiger partial charge on any atom is -0.298 e. The first-order valence-electron chi connectivity index (χ1n) is 4.45. The minimum atomic E-state index is 0.516. The molecule has 2 nitrogen and oxygen atoms in total. The Labute approximate surface area is 91.9 Å². The molecular formula is C12H9NOS. The molecule has 0 aliphatic rings. The van der Waals surface area contributed by atoms with Crippen LogP contribution in [0.1, 0.15) is 4.88 Å². The van der Waals surface area contributed by atoms with Crippen LogP contribution in [0.4, 0.5) is 0 Å². The second-order valence-electron chi connectivity index (χ2n) is 3.06. The lowest BCUT2D eigenvalue weighted by Gasteiger charge is -1.93. The fourth-order valence-electron chi connectivity index (χ4n) is 1.23. The van der Waals surface area contributed by atoms with Gasteiger partial charge in [0, 0.05) is 27.6 Å². The number of pyridine rings is 1. The average Bonchev–Trinajstić information content (AvgIpc) is 2.78. The van der Waals surface area contributed by atoms with E-state index in [1.165, 1.54) is 11.3 Å². The van der Waals surface area contributed by atoms with E-state index in [1.54, 1.807) is 6.20 Å². The molecule has 2 rings (SSSR count). The van der Waals surface area contributed by atoms with E-state index in [0.29, 0.717) is 5.57 Å². The third-order valence-electron chi connectivity index (χ3n) is 2.02. The number of rotatable bonds is 3. The van der Waals surface area contributed by atoms with Crippen molar-refractivity contribution < 1.29 is 4.79 Å². The zero-order valence-electron chi connectivity index (χ0n) is 8.01. The molecule has 2 aromatic heterocycles. The van der Waals surface area contributed by atoms with Crippen LogP contribution in [0, 0.1) is 0 Å². The lowest BCUT2D eigenvalue weighted by atomic mass is 10.2. The number of allylic oxidation sites excluding steroid dienone is 1. The number of nitrogens with zero attached hydrogens (tertiary/aromatic N) is 1. The second-order valence-corrected chi connectivity index (χ2v) is 3.97. The first kappa shape index (κ1) is 9.80. The Kier molecular flexibility index (Phi) is 2.74. The maximum absolute atomic E-state index is 10.5. The molecular weight excluding hydrogens is 206 g/mol. The summed E-state index contributed by atoms with van der Waals surface area (Å²) in [5, 5.41) is 1.98. The lowest BCUT2D eigenvalue weighted by Crippen LogP contribution is -1.79. The van der Waals surface area contributed by atoms with Crippen LogP contribution in [0.5, 0.6) is 0 Å². The van der Waals surface area contributed by atoms with E-state index in [-0.39, 0.29) is 0 Å². The normalized spacial score (nSPS) is 9.87. The van der Waals surface area contributed by atoms with Crippen LogP contribution in [0.15, 0.2) is 42.4 Å². The van der Waals surface area contributed by atoms with E-state index in [4.69, 9.17) is 0 Å². The van der Waals surface area contributed by atoms with E-state index in [2.05, 4.69) is 11.6 Å². The van der Waals surface area contributed by atoms with Crippen molar-refractivity contribution in [2.75, 3.05) is 0 Å². The highest BCUT2D eigenvalue weighted by Gasteiger charge is 2.04. The van der Waals surface area contributed by atoms with E-state index in [1.807, 2.05) is 29.6 Å². The molecule has 2 heterocycles. The van der Waals surface area contributed by atoms with Crippen LogP contribution in [-0.2, 0) is 4.79 Å². The molecule has 3 heteroatoms. The van der Waals surface area contributed by atoms with Crippen molar-refractivity contribution in [2.45, 2.75) is 0 Å². The molecule has 0 aliphatic carbocycles. The Morgan fingerprint density at radius 1 is 1.47 bits per heavy atom. The van der Waals surface area contributed by atoms with Gasteiger partial charge >= 0.3 is 0 Å². The standard InChI is InChI=1S/C12H9NOS/c1-9(7-14)12-6-10(8-15-12)11-4-2-3-5-13-11/h2-8H,1H2. The smallest absolute Gasteiger partial charge is 0.150 e. The van der Waals surface area contributed by atoms with Crippen LogP contribution < -0.4 is 0 Å². The van der Waals surface area contributed by atoms with Crippen molar-refractivity contribution in [1.82, 2.24) is 4.98 Å². The van der Waals surface area contributed by atoms with Gasteiger partial charge in [0.25, 0.3) is 0 Å². The van der Waals surface area contributed by atoms with Crippen LogP contribution in [0.25, 0.3) is 16.8 Å². The predicted molar refractivity (Wildman–Crippen MR) is 62.6 cm³/mol. The third-order valence-corrected chi connectivity index (χ3v) is 3.02. The highest BCUT2D eigenvalue weighted by Crippen LogP contribution is 2.27. The maximum Gasteiger partial charge on any atom is 0.150 e. The van der Waals surface area contributed by atoms with Crippen molar-refractivity contribution in [2.24, 2.45) is 0 Å². The molecule has 0 atom stereocenters. The molecule has 0 radical (unpaired) electrons. The molecule has 2 aromatic rings. The highest BCUT2D eigenvalue weighted by atomic mass is 32.1. The Morgan fingerprint density at radius 3 is 3.00 bits per heavy atom. The molecule has 0 N–H and O–H groups in total. The number of hydrogen-bond acceptors (Lipinski definition) is 3. The minimum absolute atomic E-state index is 0.516. The van der Waals surface area contributed by atoms with Crippen molar-refractivity contribution >= 4 is 23.2 Å². The first-order valence-corrected chi connectivity index (χ1v) is 5.33. The van der Waals surface area contributed by atoms with Gasteiger partial charge in [-0.15, -0.1) is 11.3 Å². The summed E-state index contributed by atoms with van der Waals surface area (Å²) in [6, 6.07) is 7.69. The molecule has 0 saturated carbocycles. The molecule has 0 aliphatic heterocycles. The third kappa shape index (κ3) is 2.02. The van der Waals surface area contributed by atoms with Crippen molar-refractivity contribution in [3.8, 4) is 11.3 Å². The van der Waals surface area contributed by atoms with Crippen LogP contribution in [-0.4, -0.2) is 11.3 Å². The molecule has 0 bridgehead atoms. The summed E-state index contributed by atoms with van der Waals surface area (Å²) in [5.74, 6) is 0. The summed E-state index contributed by atoms with van der Waals surface area (Å²) in [5.41, 5.74) is 2.46. The van der Waals surface area contributed by atoms with Gasteiger partial charge in [0.1, 0.15) is 0 Å². The summed E-state index contributed by atoms with van der Waals surface area (Å²) in [6.07, 6.45) is 2.52. The van der Waals surface area contributed by atoms with Gasteiger partial charge in [-0.3, -0.25) is 9.78 Å². The van der Waals surface area contributed by atoms with Gasteiger partial charge in [-0.1, -0.05) is 12.6 Å². The summed E-state index contributed by atoms with van der Waals surface area (Å²) >= 11 is 1.51. The summed E-state index contributed by atoms with van der Waals surface area (Å²) < 4.78 is 0. The molecule has 0 spiro atoms. The van der Waals surface area contributed by atoms with Crippen LogP contribution in [0.3, 0.4) is 0 Å². The second kappa shape index (κ2) is 4.19. The topological polar surface area (TPSA) is 30.0 Å². The summed E-state index contributed by atoms with van der Waals surface area (Å²) in [4.78, 5) is 15.7. The van der Waals surface area contributed by atoms with Gasteiger partial charge in [-0.2, -0.15) is 0 Å². The molecule has 0 aromatic carbocycles. The predicted octanol–water partition coefficient (Wildman–Crippen LogP) is 3.02. The number of thiophene rings is 1. The highest BCUT2D eigenvalue weighted by molar-refractivity contribution is 7.11. The maximum atomic E-state index is 10.5. The Morgan fingerprint density at radius 2 is 2.33 bits per heavy atom. The van der Waals surface area contributed by atoms with E-state index in [0.717, 1.165) is 22.4 Å². The number of aromatic nitrogens is 1. The van der Waals surface area contributed by atoms with E-state index < -0.39 is 0 Å². The molecule has 0 unspecified atom stereocenters. The van der Waals surface area contributed by atoms with Crippen LogP contribution in [0.2, 0.25) is 0 Å². The number of hydrogen-bond donors (Lipinski definition) is 0. The largest absolute Gasteiger partial charge is 0.298 e. The fraction of sp³-hybridized carbons (Fsp3) is 0. The molecule has 0 fully saturated rings. The number of carbonyl (C=O) groups excluding carboxylic acids is 1. The quantitative estimate of drug-likeness (QED) is 0.582. The Bertz CT molecular complexity index is 487. The number of carbonyl (C=O) groups is 1. The molecule has 0 amide bonds. The average molecular weight is 215 g/mol. The van der Waals surface area contributed by atoms with Crippen LogP contribution >= 0.6 is 11.3 Å². The fourth-order valence-corrected chi connectivity index (χ4v) is 2.07. The van der Waals surface area contributed by atoms with Gasteiger partial charge < -0.3 is 0 Å². The van der Waals surface area contributed by atoms with Gasteiger partial charge in [-0.25, -0.2) is 0 Å². The zero-order valence-corrected chi connectivity index (χ0v) is 8.83. The van der Waals surface area contributed by atoms with Gasteiger partial charge in [0.15, 0.2) is 6.29 Å². The van der Waals surface area contributed by atoms with E-state index in [9.17, 15) is 4.79 Å². The van der Waals surface area contributed by atoms with Gasteiger partial charge in [0.05, 0.1) is 5.69 Å². The number of aldehydes is 1. The summed E-state index contributed by atoms with van der Waals surface area (Å²) in [7, 11) is 0.